The van der Waals surface area contributed by atoms with Gasteiger partial charge in [-0.15, -0.1) is 0 Å². The van der Waals surface area contributed by atoms with E-state index in [9.17, 15) is 4.79 Å². The number of hydrogen-bond acceptors (Lipinski definition) is 3. The SMILES string of the molecule is O=C(Nc1nccnc1-c1ccccc1)C1CC2(CC2)C1. The average molecular weight is 279 g/mol. The topological polar surface area (TPSA) is 54.9 Å². The molecule has 2 aromatic rings. The number of benzene rings is 1. The molecule has 0 aliphatic heterocycles. The van der Waals surface area contributed by atoms with Gasteiger partial charge in [0.1, 0.15) is 5.69 Å². The molecule has 4 heteroatoms. The van der Waals surface area contributed by atoms with Crippen LogP contribution in [0.1, 0.15) is 25.7 Å². The van der Waals surface area contributed by atoms with Gasteiger partial charge in [-0.2, -0.15) is 0 Å². The normalized spacial score (nSPS) is 19.0. The van der Waals surface area contributed by atoms with E-state index in [1.807, 2.05) is 30.3 Å². The maximum absolute atomic E-state index is 12.3. The summed E-state index contributed by atoms with van der Waals surface area (Å²) in [4.78, 5) is 21.0. The monoisotopic (exact) mass is 279 g/mol. The molecule has 1 amide bonds. The van der Waals surface area contributed by atoms with Crippen molar-refractivity contribution in [2.24, 2.45) is 11.3 Å². The van der Waals surface area contributed by atoms with Crippen molar-refractivity contribution in [1.82, 2.24) is 9.97 Å². The number of amides is 1. The summed E-state index contributed by atoms with van der Waals surface area (Å²) in [7, 11) is 0. The van der Waals surface area contributed by atoms with Crippen LogP contribution >= 0.6 is 0 Å². The number of aromatic nitrogens is 2. The smallest absolute Gasteiger partial charge is 0.228 e. The van der Waals surface area contributed by atoms with Gasteiger partial charge in [0.05, 0.1) is 0 Å². The summed E-state index contributed by atoms with van der Waals surface area (Å²) < 4.78 is 0. The Balaban J connectivity index is 1.54. The largest absolute Gasteiger partial charge is 0.309 e. The van der Waals surface area contributed by atoms with Crippen LogP contribution in [0.2, 0.25) is 0 Å². The predicted molar refractivity (Wildman–Crippen MR) is 80.5 cm³/mol. The van der Waals surface area contributed by atoms with E-state index >= 15 is 0 Å². The number of anilines is 1. The highest BCUT2D eigenvalue weighted by Gasteiger charge is 2.54. The van der Waals surface area contributed by atoms with Gasteiger partial charge >= 0.3 is 0 Å². The first kappa shape index (κ1) is 12.5. The second kappa shape index (κ2) is 4.65. The Bertz CT molecular complexity index is 671. The van der Waals surface area contributed by atoms with E-state index in [1.54, 1.807) is 12.4 Å². The fraction of sp³-hybridized carbons (Fsp3) is 0.353. The van der Waals surface area contributed by atoms with E-state index in [0.29, 0.717) is 11.2 Å². The molecule has 106 valence electrons. The highest BCUT2D eigenvalue weighted by Crippen LogP contribution is 2.63. The lowest BCUT2D eigenvalue weighted by atomic mass is 9.71. The molecule has 1 N–H and O–H groups in total. The molecule has 21 heavy (non-hydrogen) atoms. The van der Waals surface area contributed by atoms with Gasteiger partial charge in [-0.1, -0.05) is 30.3 Å². The number of nitrogens with zero attached hydrogens (tertiary/aromatic N) is 2. The average Bonchev–Trinajstić information content (AvgIpc) is 3.28. The molecule has 0 radical (unpaired) electrons. The van der Waals surface area contributed by atoms with Gasteiger partial charge in [-0.3, -0.25) is 9.78 Å². The van der Waals surface area contributed by atoms with Crippen molar-refractivity contribution >= 4 is 11.7 Å². The van der Waals surface area contributed by atoms with Crippen LogP contribution in [0.4, 0.5) is 5.82 Å². The second-order valence-corrected chi connectivity index (χ2v) is 6.21. The van der Waals surface area contributed by atoms with Gasteiger partial charge in [0.25, 0.3) is 0 Å². The zero-order valence-corrected chi connectivity index (χ0v) is 11.7. The molecule has 0 atom stereocenters. The van der Waals surface area contributed by atoms with E-state index in [0.717, 1.165) is 24.1 Å². The molecule has 1 heterocycles. The van der Waals surface area contributed by atoms with Gasteiger partial charge < -0.3 is 5.32 Å². The molecule has 1 aromatic carbocycles. The van der Waals surface area contributed by atoms with Crippen molar-refractivity contribution in [2.75, 3.05) is 5.32 Å². The summed E-state index contributed by atoms with van der Waals surface area (Å²) in [6, 6.07) is 9.82. The van der Waals surface area contributed by atoms with Gasteiger partial charge in [0.15, 0.2) is 5.82 Å². The summed E-state index contributed by atoms with van der Waals surface area (Å²) >= 11 is 0. The Hall–Kier alpha value is -2.23. The van der Waals surface area contributed by atoms with E-state index in [4.69, 9.17) is 0 Å². The Morgan fingerprint density at radius 1 is 1.10 bits per heavy atom. The molecular weight excluding hydrogens is 262 g/mol. The zero-order valence-electron chi connectivity index (χ0n) is 11.7. The number of carbonyl (C=O) groups excluding carboxylic acids is 1. The molecular formula is C17H17N3O. The van der Waals surface area contributed by atoms with Gasteiger partial charge in [-0.25, -0.2) is 4.98 Å². The maximum Gasteiger partial charge on any atom is 0.228 e. The first-order valence-corrected chi connectivity index (χ1v) is 7.43. The molecule has 2 aliphatic rings. The van der Waals surface area contributed by atoms with Gasteiger partial charge in [-0.05, 0) is 31.1 Å². The highest BCUT2D eigenvalue weighted by atomic mass is 16.2. The van der Waals surface area contributed by atoms with Crippen LogP contribution in [-0.2, 0) is 4.79 Å². The Morgan fingerprint density at radius 3 is 2.52 bits per heavy atom. The van der Waals surface area contributed by atoms with E-state index < -0.39 is 0 Å². The Kier molecular flexibility index (Phi) is 2.77. The lowest BCUT2D eigenvalue weighted by Gasteiger charge is -2.34. The van der Waals surface area contributed by atoms with Crippen LogP contribution in [0, 0.1) is 11.3 Å². The summed E-state index contributed by atoms with van der Waals surface area (Å²) in [6.07, 6.45) is 7.96. The number of carbonyl (C=O) groups is 1. The molecule has 2 saturated carbocycles. The third-order valence-corrected chi connectivity index (χ3v) is 4.67. The van der Waals surface area contributed by atoms with Crippen molar-refractivity contribution in [2.45, 2.75) is 25.7 Å². The van der Waals surface area contributed by atoms with Crippen LogP contribution in [0.15, 0.2) is 42.7 Å². The van der Waals surface area contributed by atoms with Crippen molar-refractivity contribution in [3.05, 3.63) is 42.7 Å². The number of nitrogens with one attached hydrogen (secondary N) is 1. The Morgan fingerprint density at radius 2 is 1.81 bits per heavy atom. The molecule has 2 fully saturated rings. The summed E-state index contributed by atoms with van der Waals surface area (Å²) in [5.41, 5.74) is 2.23. The molecule has 4 rings (SSSR count). The maximum atomic E-state index is 12.3. The fourth-order valence-electron chi connectivity index (χ4n) is 3.21. The van der Waals surface area contributed by atoms with Crippen LogP contribution in [0.5, 0.6) is 0 Å². The fourth-order valence-corrected chi connectivity index (χ4v) is 3.21. The highest BCUT2D eigenvalue weighted by molar-refractivity contribution is 5.95. The zero-order chi connectivity index (χ0) is 14.3. The number of hydrogen-bond donors (Lipinski definition) is 1. The van der Waals surface area contributed by atoms with E-state index in [2.05, 4.69) is 15.3 Å². The second-order valence-electron chi connectivity index (χ2n) is 6.21. The van der Waals surface area contributed by atoms with Crippen LogP contribution in [-0.4, -0.2) is 15.9 Å². The van der Waals surface area contributed by atoms with Crippen LogP contribution < -0.4 is 5.32 Å². The summed E-state index contributed by atoms with van der Waals surface area (Å²) in [5, 5.41) is 2.96. The molecule has 1 aromatic heterocycles. The van der Waals surface area contributed by atoms with E-state index in [1.165, 1.54) is 12.8 Å². The molecule has 0 saturated heterocycles. The van der Waals surface area contributed by atoms with Gasteiger partial charge in [0.2, 0.25) is 5.91 Å². The lowest BCUT2D eigenvalue weighted by molar-refractivity contribution is -0.124. The molecule has 1 spiro atoms. The third kappa shape index (κ3) is 2.31. The van der Waals surface area contributed by atoms with Crippen molar-refractivity contribution in [1.29, 1.82) is 0 Å². The standard InChI is InChI=1S/C17H17N3O/c21-16(13-10-17(11-13)6-7-17)20-15-14(18-8-9-19-15)12-4-2-1-3-5-12/h1-5,8-9,13H,6-7,10-11H2,(H,19,20,21). The first-order valence-electron chi connectivity index (χ1n) is 7.43. The minimum atomic E-state index is 0.0882. The lowest BCUT2D eigenvalue weighted by Crippen LogP contribution is -2.35. The van der Waals surface area contributed by atoms with Crippen molar-refractivity contribution in [3.63, 3.8) is 0 Å². The van der Waals surface area contributed by atoms with Gasteiger partial charge in [0, 0.05) is 23.9 Å². The number of rotatable bonds is 3. The van der Waals surface area contributed by atoms with Crippen LogP contribution in [0.25, 0.3) is 11.3 Å². The minimum absolute atomic E-state index is 0.0882. The van der Waals surface area contributed by atoms with E-state index in [-0.39, 0.29) is 11.8 Å². The van der Waals surface area contributed by atoms with Crippen molar-refractivity contribution < 1.29 is 4.79 Å². The Labute approximate surface area is 123 Å². The van der Waals surface area contributed by atoms with Crippen molar-refractivity contribution in [3.8, 4) is 11.3 Å². The quantitative estimate of drug-likeness (QED) is 0.938. The minimum Gasteiger partial charge on any atom is -0.309 e. The first-order chi connectivity index (χ1) is 10.3. The predicted octanol–water partition coefficient (Wildman–Crippen LogP) is 3.27. The summed E-state index contributed by atoms with van der Waals surface area (Å²) in [5.74, 6) is 0.800. The molecule has 0 unspecified atom stereocenters. The molecule has 0 bridgehead atoms. The molecule has 4 nitrogen and oxygen atoms in total. The van der Waals surface area contributed by atoms with Crippen LogP contribution in [0.3, 0.4) is 0 Å². The summed E-state index contributed by atoms with van der Waals surface area (Å²) in [6.45, 7) is 0. The molecule has 2 aliphatic carbocycles. The third-order valence-electron chi connectivity index (χ3n) is 4.67.